The first-order valence-electron chi connectivity index (χ1n) is 3.72. The zero-order chi connectivity index (χ0) is 9.80. The molecule has 0 amide bonds. The fourth-order valence-electron chi connectivity index (χ4n) is 0.783. The molecule has 2 heterocycles. The molecule has 14 heavy (non-hydrogen) atoms. The van der Waals surface area contributed by atoms with E-state index in [9.17, 15) is 0 Å². The van der Waals surface area contributed by atoms with Gasteiger partial charge in [-0.1, -0.05) is 23.4 Å². The van der Waals surface area contributed by atoms with E-state index in [4.69, 9.17) is 11.6 Å². The monoisotopic (exact) mass is 244 g/mol. The molecule has 0 unspecified atom stereocenters. The number of thioether (sulfide) groups is 1. The zero-order valence-electron chi connectivity index (χ0n) is 6.92. The van der Waals surface area contributed by atoms with Gasteiger partial charge in [-0.25, -0.2) is 4.98 Å². The molecule has 4 nitrogen and oxygen atoms in total. The Morgan fingerprint density at radius 1 is 1.36 bits per heavy atom. The molecule has 7 heteroatoms. The lowest BCUT2D eigenvalue weighted by Gasteiger charge is -1.95. The molecule has 0 aromatic carbocycles. The number of halogens is 1. The van der Waals surface area contributed by atoms with Crippen LogP contribution < -0.4 is 0 Å². The zero-order valence-corrected chi connectivity index (χ0v) is 9.31. The van der Waals surface area contributed by atoms with E-state index in [0.717, 1.165) is 15.8 Å². The molecule has 2 aromatic rings. The average Bonchev–Trinajstić information content (AvgIpc) is 2.70. The Balaban J connectivity index is 1.95. The van der Waals surface area contributed by atoms with Crippen LogP contribution in [0.5, 0.6) is 0 Å². The maximum Gasteiger partial charge on any atom is 0.170 e. The van der Waals surface area contributed by atoms with Gasteiger partial charge in [0.2, 0.25) is 0 Å². The second-order valence-electron chi connectivity index (χ2n) is 2.34. The minimum Gasteiger partial charge on any atom is -0.216 e. The van der Waals surface area contributed by atoms with Gasteiger partial charge in [-0.3, -0.25) is 0 Å². The Morgan fingerprint density at radius 3 is 2.93 bits per heavy atom. The van der Waals surface area contributed by atoms with Crippen LogP contribution in [0.3, 0.4) is 0 Å². The normalized spacial score (nSPS) is 10.4. The third-order valence-corrected chi connectivity index (χ3v) is 3.40. The van der Waals surface area contributed by atoms with Crippen molar-refractivity contribution >= 4 is 34.9 Å². The molecule has 0 saturated carbocycles. The van der Waals surface area contributed by atoms with Crippen LogP contribution >= 0.6 is 34.9 Å². The number of hydrogen-bond acceptors (Lipinski definition) is 6. The third-order valence-electron chi connectivity index (χ3n) is 1.37. The van der Waals surface area contributed by atoms with E-state index in [1.54, 1.807) is 24.2 Å². The summed E-state index contributed by atoms with van der Waals surface area (Å²) in [5.41, 5.74) is 0.884. The van der Waals surface area contributed by atoms with Crippen molar-refractivity contribution in [2.24, 2.45) is 0 Å². The molecule has 72 valence electrons. The molecule has 2 aromatic heterocycles. The number of hydrogen-bond donors (Lipinski definition) is 0. The predicted octanol–water partition coefficient (Wildman–Crippen LogP) is 2.27. The summed E-state index contributed by atoms with van der Waals surface area (Å²) in [6.45, 7) is 0. The van der Waals surface area contributed by atoms with Gasteiger partial charge >= 0.3 is 0 Å². The Bertz CT molecular complexity index is 389. The van der Waals surface area contributed by atoms with Crippen LogP contribution in [0.2, 0.25) is 5.15 Å². The van der Waals surface area contributed by atoms with Crippen molar-refractivity contribution in [3.8, 4) is 0 Å². The van der Waals surface area contributed by atoms with Crippen molar-refractivity contribution in [3.05, 3.63) is 29.3 Å². The SMILES string of the molecule is Clc1ccc(CSc2ncns2)nn1. The average molecular weight is 245 g/mol. The van der Waals surface area contributed by atoms with Crippen molar-refractivity contribution in [1.29, 1.82) is 0 Å². The smallest absolute Gasteiger partial charge is 0.170 e. The van der Waals surface area contributed by atoms with Gasteiger partial charge in [0.25, 0.3) is 0 Å². The molecule has 0 aliphatic heterocycles. The van der Waals surface area contributed by atoms with Gasteiger partial charge in [0.15, 0.2) is 9.49 Å². The van der Waals surface area contributed by atoms with E-state index in [0.29, 0.717) is 5.15 Å². The first-order chi connectivity index (χ1) is 6.84. The summed E-state index contributed by atoms with van der Waals surface area (Å²) in [5.74, 6) is 0.735. The van der Waals surface area contributed by atoms with E-state index < -0.39 is 0 Å². The Labute approximate surface area is 93.9 Å². The number of nitrogens with zero attached hydrogens (tertiary/aromatic N) is 4. The van der Waals surface area contributed by atoms with E-state index in [-0.39, 0.29) is 0 Å². The molecular formula is C7H5ClN4S2. The first kappa shape index (κ1) is 9.82. The van der Waals surface area contributed by atoms with E-state index in [1.165, 1.54) is 11.5 Å². The van der Waals surface area contributed by atoms with Crippen molar-refractivity contribution in [2.45, 2.75) is 10.1 Å². The largest absolute Gasteiger partial charge is 0.216 e. The Hall–Kier alpha value is -0.720. The molecule has 2 rings (SSSR count). The minimum absolute atomic E-state index is 0.412. The molecular weight excluding hydrogens is 240 g/mol. The summed E-state index contributed by atoms with van der Waals surface area (Å²) < 4.78 is 4.83. The van der Waals surface area contributed by atoms with Crippen molar-refractivity contribution in [1.82, 2.24) is 19.6 Å². The van der Waals surface area contributed by atoms with E-state index in [1.807, 2.05) is 6.07 Å². The van der Waals surface area contributed by atoms with Crippen LogP contribution in [0.15, 0.2) is 22.8 Å². The van der Waals surface area contributed by atoms with Crippen molar-refractivity contribution in [3.63, 3.8) is 0 Å². The highest BCUT2D eigenvalue weighted by atomic mass is 35.5. The molecule has 0 aliphatic rings. The van der Waals surface area contributed by atoms with Gasteiger partial charge in [0.05, 0.1) is 5.69 Å². The maximum absolute atomic E-state index is 5.61. The summed E-state index contributed by atoms with van der Waals surface area (Å²) in [4.78, 5) is 4.04. The number of rotatable bonds is 3. The van der Waals surface area contributed by atoms with Crippen LogP contribution in [0.25, 0.3) is 0 Å². The summed E-state index contributed by atoms with van der Waals surface area (Å²) in [5, 5.41) is 8.09. The van der Waals surface area contributed by atoms with Gasteiger partial charge < -0.3 is 0 Å². The standard InChI is InChI=1S/C7H5ClN4S2/c8-6-2-1-5(11-12-6)3-13-7-9-4-10-14-7/h1-2,4H,3H2. The fourth-order valence-corrected chi connectivity index (χ4v) is 2.23. The molecule has 0 fully saturated rings. The van der Waals surface area contributed by atoms with E-state index in [2.05, 4.69) is 19.6 Å². The van der Waals surface area contributed by atoms with Crippen LogP contribution in [0, 0.1) is 0 Å². The topological polar surface area (TPSA) is 51.6 Å². The van der Waals surface area contributed by atoms with Crippen molar-refractivity contribution < 1.29 is 0 Å². The molecule has 0 atom stereocenters. The molecule has 0 bridgehead atoms. The second kappa shape index (κ2) is 4.68. The minimum atomic E-state index is 0.412. The first-order valence-corrected chi connectivity index (χ1v) is 5.86. The summed E-state index contributed by atoms with van der Waals surface area (Å²) in [6.07, 6.45) is 1.54. The highest BCUT2D eigenvalue weighted by Crippen LogP contribution is 2.21. The second-order valence-corrected chi connectivity index (χ2v) is 4.73. The van der Waals surface area contributed by atoms with Crippen LogP contribution in [-0.4, -0.2) is 19.6 Å². The third kappa shape index (κ3) is 2.63. The summed E-state index contributed by atoms with van der Waals surface area (Å²) in [6, 6.07) is 3.58. The van der Waals surface area contributed by atoms with Crippen molar-refractivity contribution in [2.75, 3.05) is 0 Å². The lowest BCUT2D eigenvalue weighted by atomic mass is 10.4. The maximum atomic E-state index is 5.61. The summed E-state index contributed by atoms with van der Waals surface area (Å²) >= 11 is 8.57. The highest BCUT2D eigenvalue weighted by molar-refractivity contribution is 8.00. The quantitative estimate of drug-likeness (QED) is 0.776. The Morgan fingerprint density at radius 2 is 2.29 bits per heavy atom. The van der Waals surface area contributed by atoms with Gasteiger partial charge in [-0.05, 0) is 23.7 Å². The summed E-state index contributed by atoms with van der Waals surface area (Å²) in [7, 11) is 0. The van der Waals surface area contributed by atoms with Gasteiger partial charge in [0, 0.05) is 5.75 Å². The van der Waals surface area contributed by atoms with E-state index >= 15 is 0 Å². The van der Waals surface area contributed by atoms with Gasteiger partial charge in [-0.15, -0.1) is 5.10 Å². The fraction of sp³-hybridized carbons (Fsp3) is 0.143. The lowest BCUT2D eigenvalue weighted by molar-refractivity contribution is 0.971. The predicted molar refractivity (Wildman–Crippen MR) is 56.5 cm³/mol. The van der Waals surface area contributed by atoms with Gasteiger partial charge in [-0.2, -0.15) is 9.47 Å². The van der Waals surface area contributed by atoms with Crippen LogP contribution in [0.4, 0.5) is 0 Å². The van der Waals surface area contributed by atoms with Crippen LogP contribution in [0.1, 0.15) is 5.69 Å². The van der Waals surface area contributed by atoms with Crippen LogP contribution in [-0.2, 0) is 5.75 Å². The molecule has 0 N–H and O–H groups in total. The highest BCUT2D eigenvalue weighted by Gasteiger charge is 2.00. The molecule has 0 spiro atoms. The number of aromatic nitrogens is 4. The molecule has 0 radical (unpaired) electrons. The lowest BCUT2D eigenvalue weighted by Crippen LogP contribution is -1.89. The van der Waals surface area contributed by atoms with Gasteiger partial charge in [0.1, 0.15) is 6.33 Å². The molecule has 0 saturated heterocycles. The molecule has 0 aliphatic carbocycles. The Kier molecular flexibility index (Phi) is 3.28.